The average molecular weight is 298 g/mol. The molecule has 0 aromatic rings. The molecule has 2 aliphatic rings. The number of methoxy groups -OCH3 is 1. The molecular weight excluding hydrogens is 268 g/mol. The number of carboxylic acid groups (broad SMARTS) is 1. The highest BCUT2D eigenvalue weighted by atomic mass is 16.5. The normalized spacial score (nSPS) is 24.2. The summed E-state index contributed by atoms with van der Waals surface area (Å²) in [5, 5.41) is 13.2. The Morgan fingerprint density at radius 1 is 1.33 bits per heavy atom. The summed E-state index contributed by atoms with van der Waals surface area (Å²) in [4.78, 5) is 14.3. The van der Waals surface area contributed by atoms with Gasteiger partial charge in [-0.05, 0) is 64.5 Å². The third-order valence-corrected chi connectivity index (χ3v) is 4.78. The minimum absolute atomic E-state index is 0.188. The number of likely N-dealkylation sites (tertiary alicyclic amines) is 1. The molecule has 1 aliphatic carbocycles. The molecular formula is C16H30N2O3. The molecule has 1 unspecified atom stereocenters. The number of ether oxygens (including phenoxy) is 1. The van der Waals surface area contributed by atoms with Gasteiger partial charge in [-0.15, -0.1) is 0 Å². The Morgan fingerprint density at radius 3 is 2.38 bits per heavy atom. The van der Waals surface area contributed by atoms with Gasteiger partial charge in [0.05, 0.1) is 0 Å². The average Bonchev–Trinajstić information content (AvgIpc) is 3.24. The molecule has 1 atom stereocenters. The van der Waals surface area contributed by atoms with Gasteiger partial charge < -0.3 is 14.7 Å². The van der Waals surface area contributed by atoms with E-state index in [1.165, 1.54) is 0 Å². The van der Waals surface area contributed by atoms with Gasteiger partial charge in [0.25, 0.3) is 0 Å². The number of piperidine rings is 1. The maximum Gasteiger partial charge on any atom is 0.325 e. The molecule has 0 aromatic carbocycles. The molecule has 0 amide bonds. The molecule has 2 N–H and O–H groups in total. The number of hydrogen-bond donors (Lipinski definition) is 2. The monoisotopic (exact) mass is 298 g/mol. The van der Waals surface area contributed by atoms with E-state index in [0.29, 0.717) is 12.5 Å². The van der Waals surface area contributed by atoms with E-state index in [2.05, 4.69) is 10.2 Å². The molecule has 21 heavy (non-hydrogen) atoms. The van der Waals surface area contributed by atoms with Crippen LogP contribution in [0, 0.1) is 11.8 Å². The van der Waals surface area contributed by atoms with Crippen LogP contribution >= 0.6 is 0 Å². The summed E-state index contributed by atoms with van der Waals surface area (Å²) in [6, 6.07) is 0.188. The lowest BCUT2D eigenvalue weighted by Crippen LogP contribution is -2.63. The highest BCUT2D eigenvalue weighted by Crippen LogP contribution is 2.41. The van der Waals surface area contributed by atoms with Crippen molar-refractivity contribution in [1.29, 1.82) is 0 Å². The number of hydrogen-bond acceptors (Lipinski definition) is 4. The van der Waals surface area contributed by atoms with E-state index in [4.69, 9.17) is 4.74 Å². The smallest absolute Gasteiger partial charge is 0.325 e. The first kappa shape index (κ1) is 16.7. The summed E-state index contributed by atoms with van der Waals surface area (Å²) in [5.41, 5.74) is -0.762. The third-order valence-electron chi connectivity index (χ3n) is 4.78. The Balaban J connectivity index is 1.97. The second-order valence-corrected chi connectivity index (χ2v) is 7.02. The van der Waals surface area contributed by atoms with Gasteiger partial charge in [-0.25, -0.2) is 0 Å². The Bertz CT molecular complexity index is 349. The number of nitrogens with zero attached hydrogens (tertiary/aromatic N) is 1. The largest absolute Gasteiger partial charge is 0.480 e. The summed E-state index contributed by atoms with van der Waals surface area (Å²) >= 11 is 0. The van der Waals surface area contributed by atoms with Crippen LogP contribution in [0.4, 0.5) is 0 Å². The molecule has 5 heteroatoms. The molecule has 0 spiro atoms. The van der Waals surface area contributed by atoms with E-state index in [9.17, 15) is 9.90 Å². The summed E-state index contributed by atoms with van der Waals surface area (Å²) in [6.07, 6.45) is 4.28. The summed E-state index contributed by atoms with van der Waals surface area (Å²) in [6.45, 7) is 7.48. The van der Waals surface area contributed by atoms with Gasteiger partial charge in [0.15, 0.2) is 0 Å². The Hall–Kier alpha value is -0.650. The maximum atomic E-state index is 12.0. The minimum Gasteiger partial charge on any atom is -0.480 e. The molecule has 1 heterocycles. The van der Waals surface area contributed by atoms with E-state index in [1.54, 1.807) is 7.11 Å². The van der Waals surface area contributed by atoms with Crippen LogP contribution in [0.15, 0.2) is 0 Å². The maximum absolute atomic E-state index is 12.0. The van der Waals surface area contributed by atoms with Crippen molar-refractivity contribution in [1.82, 2.24) is 10.2 Å². The quantitative estimate of drug-likeness (QED) is 0.712. The molecule has 0 bridgehead atoms. The number of rotatable bonds is 8. The first-order valence-electron chi connectivity index (χ1n) is 8.20. The van der Waals surface area contributed by atoms with Crippen molar-refractivity contribution in [2.24, 2.45) is 11.8 Å². The first-order chi connectivity index (χ1) is 9.98. The van der Waals surface area contributed by atoms with Gasteiger partial charge in [0, 0.05) is 26.3 Å². The van der Waals surface area contributed by atoms with Crippen LogP contribution in [-0.2, 0) is 9.53 Å². The summed E-state index contributed by atoms with van der Waals surface area (Å²) in [5.74, 6) is 0.233. The van der Waals surface area contributed by atoms with Gasteiger partial charge in [-0.1, -0.05) is 0 Å². The van der Waals surface area contributed by atoms with Crippen LogP contribution in [-0.4, -0.2) is 60.9 Å². The molecule has 1 saturated heterocycles. The van der Waals surface area contributed by atoms with Crippen molar-refractivity contribution >= 4 is 5.97 Å². The van der Waals surface area contributed by atoms with Gasteiger partial charge in [0.1, 0.15) is 5.54 Å². The molecule has 122 valence electrons. The van der Waals surface area contributed by atoms with Crippen molar-refractivity contribution in [2.45, 2.75) is 51.1 Å². The second-order valence-electron chi connectivity index (χ2n) is 7.02. The van der Waals surface area contributed by atoms with Crippen LogP contribution in [0.2, 0.25) is 0 Å². The van der Waals surface area contributed by atoms with Crippen LogP contribution < -0.4 is 5.32 Å². The van der Waals surface area contributed by atoms with E-state index in [1.807, 2.05) is 13.8 Å². The van der Waals surface area contributed by atoms with Crippen LogP contribution in [0.5, 0.6) is 0 Å². The van der Waals surface area contributed by atoms with E-state index >= 15 is 0 Å². The summed E-state index contributed by atoms with van der Waals surface area (Å²) in [7, 11) is 1.75. The number of aliphatic carboxylic acids is 1. The molecule has 1 saturated carbocycles. The highest BCUT2D eigenvalue weighted by Gasteiger charge is 2.52. The molecule has 0 aromatic heterocycles. The molecule has 0 radical (unpaired) electrons. The summed E-state index contributed by atoms with van der Waals surface area (Å²) < 4.78 is 5.23. The number of carbonyl (C=O) groups is 1. The third kappa shape index (κ3) is 4.18. The first-order valence-corrected chi connectivity index (χ1v) is 8.20. The van der Waals surface area contributed by atoms with E-state index in [0.717, 1.165) is 45.4 Å². The van der Waals surface area contributed by atoms with Crippen molar-refractivity contribution in [2.75, 3.05) is 33.4 Å². The van der Waals surface area contributed by atoms with Crippen molar-refractivity contribution < 1.29 is 14.6 Å². The predicted octanol–water partition coefficient (Wildman–Crippen LogP) is 1.58. The van der Waals surface area contributed by atoms with Gasteiger partial charge >= 0.3 is 5.97 Å². The number of carboxylic acids is 1. The van der Waals surface area contributed by atoms with Crippen molar-refractivity contribution in [3.05, 3.63) is 0 Å². The van der Waals surface area contributed by atoms with Gasteiger partial charge in [-0.3, -0.25) is 10.1 Å². The van der Waals surface area contributed by atoms with Gasteiger partial charge in [-0.2, -0.15) is 0 Å². The fraction of sp³-hybridized carbons (Fsp3) is 0.938. The zero-order valence-electron chi connectivity index (χ0n) is 13.6. The second kappa shape index (κ2) is 7.07. The molecule has 2 fully saturated rings. The fourth-order valence-electron chi connectivity index (χ4n) is 3.59. The number of nitrogens with one attached hydrogen (secondary N) is 1. The Labute approximate surface area is 128 Å². The zero-order chi connectivity index (χ0) is 15.5. The Morgan fingerprint density at radius 2 is 1.95 bits per heavy atom. The highest BCUT2D eigenvalue weighted by molar-refractivity contribution is 5.80. The molecule has 5 nitrogen and oxygen atoms in total. The zero-order valence-corrected chi connectivity index (χ0v) is 13.6. The van der Waals surface area contributed by atoms with Gasteiger partial charge in [0.2, 0.25) is 0 Å². The van der Waals surface area contributed by atoms with Crippen LogP contribution in [0.1, 0.15) is 39.5 Å². The van der Waals surface area contributed by atoms with Crippen molar-refractivity contribution in [3.63, 3.8) is 0 Å². The Kier molecular flexibility index (Phi) is 5.63. The van der Waals surface area contributed by atoms with E-state index < -0.39 is 11.5 Å². The van der Waals surface area contributed by atoms with Crippen LogP contribution in [0.25, 0.3) is 0 Å². The van der Waals surface area contributed by atoms with Crippen LogP contribution in [0.3, 0.4) is 0 Å². The molecule has 1 aliphatic heterocycles. The topological polar surface area (TPSA) is 61.8 Å². The lowest BCUT2D eigenvalue weighted by atomic mass is 9.89. The lowest BCUT2D eigenvalue weighted by Gasteiger charge is -2.40. The SMILES string of the molecule is COCC1CCN(CC(NC(C)C)(C(=O)O)C2CC2)CC1. The van der Waals surface area contributed by atoms with Crippen molar-refractivity contribution in [3.8, 4) is 0 Å². The molecule has 2 rings (SSSR count). The van der Waals surface area contributed by atoms with E-state index in [-0.39, 0.29) is 12.0 Å². The minimum atomic E-state index is -0.762. The predicted molar refractivity (Wildman–Crippen MR) is 82.4 cm³/mol. The standard InChI is InChI=1S/C16H30N2O3/c1-12(2)17-16(15(19)20,14-4-5-14)11-18-8-6-13(7-9-18)10-21-3/h12-14,17H,4-11H2,1-3H3,(H,19,20). The lowest BCUT2D eigenvalue weighted by molar-refractivity contribution is -0.147. The fourth-order valence-corrected chi connectivity index (χ4v) is 3.59.